The minimum Gasteiger partial charge on any atom is -0.336 e. The first kappa shape index (κ1) is 24.3. The number of hydrogen-bond acceptors (Lipinski definition) is 5. The molecule has 188 valence electrons. The SMILES string of the molecule is CN(C(=O)C1CCCCC1)c1ccc2c(c1)nc(NC(=O)c1ccc(C#N)cc1)n2CCn1ccnc1. The fourth-order valence-corrected chi connectivity index (χ4v) is 4.90. The number of fused-ring (bicyclic) bond motifs is 1. The zero-order valence-electron chi connectivity index (χ0n) is 20.8. The second-order valence-corrected chi connectivity index (χ2v) is 9.44. The molecule has 2 aromatic heterocycles. The Hall–Kier alpha value is -4.45. The van der Waals surface area contributed by atoms with Gasteiger partial charge in [0.05, 0.1) is 29.0 Å². The van der Waals surface area contributed by atoms with Crippen LogP contribution in [0.1, 0.15) is 48.0 Å². The number of nitrogens with zero attached hydrogens (tertiary/aromatic N) is 6. The second-order valence-electron chi connectivity index (χ2n) is 9.44. The maximum absolute atomic E-state index is 13.1. The van der Waals surface area contributed by atoms with Crippen molar-refractivity contribution in [2.75, 3.05) is 17.3 Å². The van der Waals surface area contributed by atoms with Crippen molar-refractivity contribution in [1.29, 1.82) is 5.26 Å². The molecule has 0 aliphatic heterocycles. The van der Waals surface area contributed by atoms with Gasteiger partial charge in [-0.3, -0.25) is 14.9 Å². The highest BCUT2D eigenvalue weighted by molar-refractivity contribution is 6.04. The molecule has 0 atom stereocenters. The molecule has 0 radical (unpaired) electrons. The van der Waals surface area contributed by atoms with Gasteiger partial charge in [0, 0.05) is 49.7 Å². The molecule has 1 aliphatic carbocycles. The minimum atomic E-state index is -0.312. The molecule has 1 fully saturated rings. The van der Waals surface area contributed by atoms with E-state index in [0.717, 1.165) is 36.9 Å². The Labute approximate surface area is 215 Å². The number of nitrogens with one attached hydrogen (secondary N) is 1. The highest BCUT2D eigenvalue weighted by Gasteiger charge is 2.25. The van der Waals surface area contributed by atoms with E-state index in [1.807, 2.05) is 40.6 Å². The lowest BCUT2D eigenvalue weighted by atomic mass is 9.88. The largest absolute Gasteiger partial charge is 0.336 e. The molecule has 0 saturated heterocycles. The van der Waals surface area contributed by atoms with Crippen molar-refractivity contribution in [2.24, 2.45) is 5.92 Å². The zero-order chi connectivity index (χ0) is 25.8. The lowest BCUT2D eigenvalue weighted by Gasteiger charge is -2.26. The van der Waals surface area contributed by atoms with Crippen LogP contribution in [0.2, 0.25) is 0 Å². The number of aryl methyl sites for hydroxylation is 2. The Balaban J connectivity index is 1.44. The third-order valence-electron chi connectivity index (χ3n) is 7.05. The Bertz CT molecular complexity index is 1440. The van der Waals surface area contributed by atoms with Gasteiger partial charge < -0.3 is 14.0 Å². The summed E-state index contributed by atoms with van der Waals surface area (Å²) >= 11 is 0. The molecule has 0 bridgehead atoms. The average Bonchev–Trinajstić information content (AvgIpc) is 3.58. The lowest BCUT2D eigenvalue weighted by Crippen LogP contribution is -2.33. The van der Waals surface area contributed by atoms with Crippen LogP contribution in [0.25, 0.3) is 11.0 Å². The molecule has 1 saturated carbocycles. The molecule has 2 heterocycles. The van der Waals surface area contributed by atoms with Crippen molar-refractivity contribution in [1.82, 2.24) is 19.1 Å². The molecule has 0 spiro atoms. The predicted octanol–water partition coefficient (Wildman–Crippen LogP) is 4.60. The van der Waals surface area contributed by atoms with Gasteiger partial charge in [-0.15, -0.1) is 0 Å². The Morgan fingerprint density at radius 2 is 1.89 bits per heavy atom. The quantitative estimate of drug-likeness (QED) is 0.403. The van der Waals surface area contributed by atoms with Crippen molar-refractivity contribution in [2.45, 2.75) is 45.2 Å². The van der Waals surface area contributed by atoms with E-state index in [1.54, 1.807) is 41.7 Å². The summed E-state index contributed by atoms with van der Waals surface area (Å²) in [6, 6.07) is 14.3. The molecule has 1 N–H and O–H groups in total. The maximum Gasteiger partial charge on any atom is 0.257 e. The van der Waals surface area contributed by atoms with Gasteiger partial charge in [0.2, 0.25) is 11.9 Å². The standard InChI is InChI=1S/C28H29N7O2/c1-33(27(37)22-5-3-2-4-6-22)23-11-12-25-24(17-23)31-28(35(25)16-15-34-14-13-30-19-34)32-26(36)21-9-7-20(18-29)8-10-21/h7-14,17,19,22H,2-6,15-16H2,1H3,(H,31,32,36). The van der Waals surface area contributed by atoms with Crippen LogP contribution < -0.4 is 10.2 Å². The Morgan fingerprint density at radius 3 is 2.59 bits per heavy atom. The number of carbonyl (C=O) groups is 2. The highest BCUT2D eigenvalue weighted by atomic mass is 16.2. The summed E-state index contributed by atoms with van der Waals surface area (Å²) in [6.07, 6.45) is 10.7. The number of hydrogen-bond donors (Lipinski definition) is 1. The zero-order valence-corrected chi connectivity index (χ0v) is 20.8. The molecule has 2 amide bonds. The molecular formula is C28H29N7O2. The molecule has 0 unspecified atom stereocenters. The predicted molar refractivity (Wildman–Crippen MR) is 141 cm³/mol. The van der Waals surface area contributed by atoms with Crippen LogP contribution >= 0.6 is 0 Å². The summed E-state index contributed by atoms with van der Waals surface area (Å²) < 4.78 is 3.92. The van der Waals surface area contributed by atoms with Gasteiger partial charge in [0.1, 0.15) is 0 Å². The number of benzene rings is 2. The number of carbonyl (C=O) groups excluding carboxylic acids is 2. The van der Waals surface area contributed by atoms with Crippen molar-refractivity contribution in [3.8, 4) is 6.07 Å². The molecule has 1 aliphatic rings. The van der Waals surface area contributed by atoms with Gasteiger partial charge in [-0.05, 0) is 55.3 Å². The summed E-state index contributed by atoms with van der Waals surface area (Å²) in [6.45, 7) is 1.21. The minimum absolute atomic E-state index is 0.0736. The average molecular weight is 496 g/mol. The number of anilines is 2. The molecule has 2 aromatic carbocycles. The first-order chi connectivity index (χ1) is 18.0. The summed E-state index contributed by atoms with van der Waals surface area (Å²) in [5.74, 6) is 0.328. The van der Waals surface area contributed by atoms with Gasteiger partial charge in [0.15, 0.2) is 0 Å². The van der Waals surface area contributed by atoms with E-state index in [1.165, 1.54) is 6.42 Å². The van der Waals surface area contributed by atoms with Crippen LogP contribution in [0.3, 0.4) is 0 Å². The fraction of sp³-hybridized carbons (Fsp3) is 0.321. The van der Waals surface area contributed by atoms with Gasteiger partial charge in [-0.1, -0.05) is 19.3 Å². The number of imidazole rings is 2. The Kier molecular flexibility index (Phi) is 6.99. The van der Waals surface area contributed by atoms with E-state index >= 15 is 0 Å². The van der Waals surface area contributed by atoms with E-state index in [-0.39, 0.29) is 17.7 Å². The molecule has 4 aromatic rings. The van der Waals surface area contributed by atoms with Crippen LogP contribution in [-0.2, 0) is 17.9 Å². The lowest BCUT2D eigenvalue weighted by molar-refractivity contribution is -0.123. The fourth-order valence-electron chi connectivity index (χ4n) is 4.90. The molecular weight excluding hydrogens is 466 g/mol. The summed E-state index contributed by atoms with van der Waals surface area (Å²) in [4.78, 5) is 36.7. The first-order valence-electron chi connectivity index (χ1n) is 12.6. The van der Waals surface area contributed by atoms with E-state index in [0.29, 0.717) is 35.7 Å². The normalized spacial score (nSPS) is 13.8. The third-order valence-corrected chi connectivity index (χ3v) is 7.05. The van der Waals surface area contributed by atoms with Crippen LogP contribution in [-0.4, -0.2) is 38.0 Å². The third kappa shape index (κ3) is 5.23. The van der Waals surface area contributed by atoms with Gasteiger partial charge >= 0.3 is 0 Å². The smallest absolute Gasteiger partial charge is 0.257 e. The number of nitriles is 1. The van der Waals surface area contributed by atoms with Crippen molar-refractivity contribution >= 4 is 34.5 Å². The van der Waals surface area contributed by atoms with Crippen LogP contribution in [0.5, 0.6) is 0 Å². The maximum atomic E-state index is 13.1. The number of aromatic nitrogens is 4. The van der Waals surface area contributed by atoms with Crippen LogP contribution in [0, 0.1) is 17.2 Å². The van der Waals surface area contributed by atoms with E-state index < -0.39 is 0 Å². The van der Waals surface area contributed by atoms with Crippen LogP contribution in [0.15, 0.2) is 61.2 Å². The monoisotopic (exact) mass is 495 g/mol. The van der Waals surface area contributed by atoms with Gasteiger partial charge in [-0.2, -0.15) is 5.26 Å². The van der Waals surface area contributed by atoms with Crippen LogP contribution in [0.4, 0.5) is 11.6 Å². The number of rotatable bonds is 7. The van der Waals surface area contributed by atoms with E-state index in [4.69, 9.17) is 10.2 Å². The van der Waals surface area contributed by atoms with Crippen molar-refractivity contribution in [3.05, 3.63) is 72.3 Å². The topological polar surface area (TPSA) is 109 Å². The van der Waals surface area contributed by atoms with Gasteiger partial charge in [0.25, 0.3) is 5.91 Å². The molecule has 5 rings (SSSR count). The molecule has 37 heavy (non-hydrogen) atoms. The van der Waals surface area contributed by atoms with E-state index in [2.05, 4.69) is 16.4 Å². The summed E-state index contributed by atoms with van der Waals surface area (Å²) in [5, 5.41) is 12.0. The van der Waals surface area contributed by atoms with Gasteiger partial charge in [-0.25, -0.2) is 9.97 Å². The first-order valence-corrected chi connectivity index (χ1v) is 12.6. The summed E-state index contributed by atoms with van der Waals surface area (Å²) in [5.41, 5.74) is 3.26. The Morgan fingerprint density at radius 1 is 1.11 bits per heavy atom. The molecule has 9 heteroatoms. The van der Waals surface area contributed by atoms with Crippen molar-refractivity contribution in [3.63, 3.8) is 0 Å². The second kappa shape index (κ2) is 10.7. The molecule has 9 nitrogen and oxygen atoms in total. The highest BCUT2D eigenvalue weighted by Crippen LogP contribution is 2.29. The van der Waals surface area contributed by atoms with E-state index in [9.17, 15) is 9.59 Å². The number of amides is 2. The summed E-state index contributed by atoms with van der Waals surface area (Å²) in [7, 11) is 1.82. The van der Waals surface area contributed by atoms with Crippen molar-refractivity contribution < 1.29 is 9.59 Å².